The summed E-state index contributed by atoms with van der Waals surface area (Å²) in [4.78, 5) is 25.5. The number of rotatable bonds is 6. The molecule has 31 heavy (non-hydrogen) atoms. The fraction of sp³-hybridized carbons (Fsp3) is 0.227. The van der Waals surface area contributed by atoms with Gasteiger partial charge in [-0.3, -0.25) is 4.79 Å². The van der Waals surface area contributed by atoms with Gasteiger partial charge in [-0.1, -0.05) is 36.1 Å². The predicted molar refractivity (Wildman–Crippen MR) is 120 cm³/mol. The van der Waals surface area contributed by atoms with Crippen molar-refractivity contribution >= 4 is 46.4 Å². The van der Waals surface area contributed by atoms with Gasteiger partial charge in [-0.05, 0) is 49.2 Å². The Balaban J connectivity index is 1.41. The van der Waals surface area contributed by atoms with Crippen LogP contribution < -0.4 is 10.1 Å². The van der Waals surface area contributed by atoms with Gasteiger partial charge < -0.3 is 19.7 Å². The summed E-state index contributed by atoms with van der Waals surface area (Å²) in [6, 6.07) is 11.9. The number of nitrogens with zero attached hydrogens (tertiary/aromatic N) is 1. The van der Waals surface area contributed by atoms with Gasteiger partial charge in [-0.15, -0.1) is 0 Å². The van der Waals surface area contributed by atoms with E-state index in [0.717, 1.165) is 17.3 Å². The zero-order chi connectivity index (χ0) is 22.0. The van der Waals surface area contributed by atoms with Gasteiger partial charge in [0.05, 0.1) is 10.9 Å². The van der Waals surface area contributed by atoms with Gasteiger partial charge in [0.15, 0.2) is 0 Å². The molecule has 2 aromatic carbocycles. The molecular weight excluding hydrogens is 439 g/mol. The Morgan fingerprint density at radius 1 is 1.26 bits per heavy atom. The minimum atomic E-state index is -0.501. The van der Waals surface area contributed by atoms with E-state index in [-0.39, 0.29) is 23.6 Å². The minimum Gasteiger partial charge on any atom is -0.457 e. The van der Waals surface area contributed by atoms with E-state index >= 15 is 0 Å². The Labute approximate surface area is 188 Å². The molecule has 0 radical (unpaired) electrons. The highest BCUT2D eigenvalue weighted by Crippen LogP contribution is 2.29. The van der Waals surface area contributed by atoms with Gasteiger partial charge in [0.2, 0.25) is 0 Å². The van der Waals surface area contributed by atoms with Crippen LogP contribution in [-0.4, -0.2) is 40.4 Å². The number of carbonyl (C=O) groups is 2. The number of halogens is 1. The summed E-state index contributed by atoms with van der Waals surface area (Å²) in [5.74, 6) is 0.0821. The zero-order valence-corrected chi connectivity index (χ0v) is 18.2. The summed E-state index contributed by atoms with van der Waals surface area (Å²) in [5, 5.41) is 2.50. The van der Waals surface area contributed by atoms with Crippen molar-refractivity contribution in [3.8, 4) is 11.5 Å². The highest BCUT2D eigenvalue weighted by atomic mass is 32.2. The molecule has 2 fully saturated rings. The Hall–Kier alpha value is -2.91. The van der Waals surface area contributed by atoms with Gasteiger partial charge in [0, 0.05) is 18.2 Å². The lowest BCUT2D eigenvalue weighted by Crippen LogP contribution is -2.34. The van der Waals surface area contributed by atoms with Crippen LogP contribution in [-0.2, 0) is 16.0 Å². The van der Waals surface area contributed by atoms with Gasteiger partial charge in [-0.25, -0.2) is 9.18 Å². The van der Waals surface area contributed by atoms with E-state index in [4.69, 9.17) is 21.7 Å². The van der Waals surface area contributed by atoms with Gasteiger partial charge in [0.25, 0.3) is 5.91 Å². The van der Waals surface area contributed by atoms with Crippen LogP contribution in [0.2, 0.25) is 0 Å². The molecular formula is C22H19FN2O4S2. The number of cyclic esters (lactones) is 1. The number of hydrogen-bond acceptors (Lipinski definition) is 6. The second kappa shape index (κ2) is 9.07. The lowest BCUT2D eigenvalue weighted by Gasteiger charge is -2.19. The predicted octanol–water partition coefficient (Wildman–Crippen LogP) is 4.49. The Kier molecular flexibility index (Phi) is 6.24. The lowest BCUT2D eigenvalue weighted by molar-refractivity contribution is -0.115. The first-order chi connectivity index (χ1) is 14.9. The number of carbonyl (C=O) groups excluding carboxylic acids is 2. The van der Waals surface area contributed by atoms with Crippen molar-refractivity contribution in [1.29, 1.82) is 0 Å². The molecule has 1 N–H and O–H groups in total. The third-order valence-corrected chi connectivity index (χ3v) is 6.11. The molecule has 1 atom stereocenters. The molecule has 2 saturated heterocycles. The van der Waals surface area contributed by atoms with Crippen molar-refractivity contribution in [2.75, 3.05) is 13.2 Å². The second-order valence-electron chi connectivity index (χ2n) is 7.00. The van der Waals surface area contributed by atoms with E-state index in [2.05, 4.69) is 5.32 Å². The summed E-state index contributed by atoms with van der Waals surface area (Å²) < 4.78 is 25.7. The third kappa shape index (κ3) is 4.88. The Bertz CT molecular complexity index is 1070. The summed E-state index contributed by atoms with van der Waals surface area (Å²) in [6.07, 6.45) is 1.88. The van der Waals surface area contributed by atoms with E-state index in [1.165, 1.54) is 12.1 Å². The van der Waals surface area contributed by atoms with Crippen molar-refractivity contribution in [3.05, 3.63) is 64.3 Å². The van der Waals surface area contributed by atoms with E-state index < -0.39 is 5.82 Å². The van der Waals surface area contributed by atoms with E-state index in [9.17, 15) is 14.0 Å². The highest BCUT2D eigenvalue weighted by Gasteiger charge is 2.31. The van der Waals surface area contributed by atoms with Crippen LogP contribution in [0.25, 0.3) is 6.08 Å². The standard InChI is InChI=1S/C22H19FN2O4S2/c1-2-25-15(12-28-22(25)27)9-13-3-6-16(7-4-13)29-17-8-5-14(18(23)11-17)10-19-20(26)24-21(30)31-19/h3-8,10-11,15H,2,9,12H2,1H3,(H,24,26,30)/b19-10+. The van der Waals surface area contributed by atoms with Crippen molar-refractivity contribution in [2.24, 2.45) is 0 Å². The maximum absolute atomic E-state index is 14.5. The van der Waals surface area contributed by atoms with Crippen LogP contribution in [0.4, 0.5) is 9.18 Å². The van der Waals surface area contributed by atoms with E-state index in [1.807, 2.05) is 19.1 Å². The van der Waals surface area contributed by atoms with Gasteiger partial charge in [-0.2, -0.15) is 0 Å². The molecule has 0 spiro atoms. The fourth-order valence-electron chi connectivity index (χ4n) is 3.40. The molecule has 2 aromatic rings. The Morgan fingerprint density at radius 2 is 2.00 bits per heavy atom. The maximum atomic E-state index is 14.5. The van der Waals surface area contributed by atoms with Crippen LogP contribution in [0.1, 0.15) is 18.1 Å². The molecule has 0 bridgehead atoms. The third-order valence-electron chi connectivity index (χ3n) is 4.95. The number of ether oxygens (including phenoxy) is 2. The SMILES string of the molecule is CCN1C(=O)OCC1Cc1ccc(Oc2ccc(/C=C3/SC(=S)NC3=O)c(F)c2)cc1. The quantitative estimate of drug-likeness (QED) is 0.508. The summed E-state index contributed by atoms with van der Waals surface area (Å²) in [5.41, 5.74) is 1.33. The lowest BCUT2D eigenvalue weighted by atomic mass is 10.1. The first-order valence-corrected chi connectivity index (χ1v) is 10.9. The molecule has 0 aromatic heterocycles. The number of hydrogen-bond donors (Lipinski definition) is 1. The molecule has 2 heterocycles. The van der Waals surface area contributed by atoms with E-state index in [0.29, 0.717) is 40.3 Å². The molecule has 9 heteroatoms. The summed E-state index contributed by atoms with van der Waals surface area (Å²) in [7, 11) is 0. The average molecular weight is 459 g/mol. The molecule has 4 rings (SSSR count). The van der Waals surface area contributed by atoms with E-state index in [1.54, 1.807) is 29.2 Å². The maximum Gasteiger partial charge on any atom is 0.410 e. The van der Waals surface area contributed by atoms with Crippen molar-refractivity contribution in [2.45, 2.75) is 19.4 Å². The van der Waals surface area contributed by atoms with Crippen molar-refractivity contribution < 1.29 is 23.5 Å². The largest absolute Gasteiger partial charge is 0.457 e. The molecule has 160 valence electrons. The number of thiocarbonyl (C=S) groups is 1. The molecule has 0 aliphatic carbocycles. The Morgan fingerprint density at radius 3 is 2.65 bits per heavy atom. The van der Waals surface area contributed by atoms with Crippen LogP contribution in [0.15, 0.2) is 47.4 Å². The van der Waals surface area contributed by atoms with Crippen molar-refractivity contribution in [1.82, 2.24) is 10.2 Å². The van der Waals surface area contributed by atoms with Crippen molar-refractivity contribution in [3.63, 3.8) is 0 Å². The number of nitrogens with one attached hydrogen (secondary N) is 1. The molecule has 6 nitrogen and oxygen atoms in total. The van der Waals surface area contributed by atoms with Crippen LogP contribution in [0.3, 0.4) is 0 Å². The summed E-state index contributed by atoms with van der Waals surface area (Å²) >= 11 is 6.04. The second-order valence-corrected chi connectivity index (χ2v) is 8.72. The number of thioether (sulfide) groups is 1. The monoisotopic (exact) mass is 458 g/mol. The highest BCUT2D eigenvalue weighted by molar-refractivity contribution is 8.26. The van der Waals surface area contributed by atoms with Crippen LogP contribution in [0.5, 0.6) is 11.5 Å². The fourth-order valence-corrected chi connectivity index (χ4v) is 4.43. The molecule has 2 amide bonds. The topological polar surface area (TPSA) is 67.9 Å². The van der Waals surface area contributed by atoms with Crippen LogP contribution >= 0.6 is 24.0 Å². The smallest absolute Gasteiger partial charge is 0.410 e. The molecule has 1 unspecified atom stereocenters. The minimum absolute atomic E-state index is 0.0227. The average Bonchev–Trinajstić information content (AvgIpc) is 3.25. The number of amides is 2. The first kappa shape index (κ1) is 21.3. The number of benzene rings is 2. The molecule has 2 aliphatic rings. The summed E-state index contributed by atoms with van der Waals surface area (Å²) in [6.45, 7) is 2.92. The van der Waals surface area contributed by atoms with Crippen LogP contribution in [0, 0.1) is 5.82 Å². The number of likely N-dealkylation sites (N-methyl/N-ethyl adjacent to an activating group) is 1. The van der Waals surface area contributed by atoms with Gasteiger partial charge in [0.1, 0.15) is 28.2 Å². The normalized spacial score (nSPS) is 19.7. The molecule has 2 aliphatic heterocycles. The molecule has 0 saturated carbocycles. The first-order valence-electron chi connectivity index (χ1n) is 9.67. The van der Waals surface area contributed by atoms with Gasteiger partial charge >= 0.3 is 6.09 Å². The zero-order valence-electron chi connectivity index (χ0n) is 16.6.